The van der Waals surface area contributed by atoms with E-state index in [0.29, 0.717) is 12.1 Å². The largest absolute Gasteiger partial charge is 0.418 e. The van der Waals surface area contributed by atoms with Crippen LogP contribution in [-0.2, 0) is 12.4 Å². The van der Waals surface area contributed by atoms with E-state index >= 15 is 0 Å². The quantitative estimate of drug-likeness (QED) is 0.631. The van der Waals surface area contributed by atoms with E-state index in [-0.39, 0.29) is 11.3 Å². The van der Waals surface area contributed by atoms with Crippen LogP contribution in [0, 0.1) is 0 Å². The van der Waals surface area contributed by atoms with Crippen molar-refractivity contribution in [3.8, 4) is 0 Å². The predicted molar refractivity (Wildman–Crippen MR) is 86.5 cm³/mol. The van der Waals surface area contributed by atoms with E-state index in [4.69, 9.17) is 0 Å². The van der Waals surface area contributed by atoms with Gasteiger partial charge in [-0.2, -0.15) is 26.3 Å². The van der Waals surface area contributed by atoms with Crippen LogP contribution in [0.2, 0.25) is 0 Å². The lowest BCUT2D eigenvalue weighted by Gasteiger charge is -2.22. The summed E-state index contributed by atoms with van der Waals surface area (Å²) >= 11 is 0. The molecule has 3 aromatic rings. The first kappa shape index (κ1) is 20.4. The van der Waals surface area contributed by atoms with E-state index in [1.807, 2.05) is 0 Å². The van der Waals surface area contributed by atoms with E-state index in [1.54, 1.807) is 0 Å². The molecule has 0 spiro atoms. The highest BCUT2D eigenvalue weighted by Gasteiger charge is 2.37. The first-order valence-electron chi connectivity index (χ1n) is 7.98. The number of aromatic nitrogens is 2. The van der Waals surface area contributed by atoms with Crippen LogP contribution in [0.25, 0.3) is 0 Å². The smallest absolute Gasteiger partial charge is 0.351 e. The summed E-state index contributed by atoms with van der Waals surface area (Å²) in [4.78, 5) is 16.0. The molecule has 0 aliphatic heterocycles. The third-order valence-corrected chi connectivity index (χ3v) is 3.93. The van der Waals surface area contributed by atoms with Crippen molar-refractivity contribution in [2.75, 3.05) is 0 Å². The van der Waals surface area contributed by atoms with E-state index < -0.39 is 41.1 Å². The van der Waals surface area contributed by atoms with Crippen molar-refractivity contribution in [1.82, 2.24) is 15.5 Å². The van der Waals surface area contributed by atoms with Crippen LogP contribution < -0.4 is 5.32 Å². The Balaban J connectivity index is 2.07. The van der Waals surface area contributed by atoms with Crippen molar-refractivity contribution < 1.29 is 35.7 Å². The fraction of sp³-hybridized carbons (Fsp3) is 0.167. The van der Waals surface area contributed by atoms with Gasteiger partial charge in [0.2, 0.25) is 5.76 Å². The number of hydrogen-bond acceptors (Lipinski definition) is 4. The van der Waals surface area contributed by atoms with Crippen molar-refractivity contribution in [3.63, 3.8) is 0 Å². The zero-order chi connectivity index (χ0) is 21.2. The number of amides is 1. The van der Waals surface area contributed by atoms with Crippen molar-refractivity contribution >= 4 is 5.91 Å². The summed E-state index contributed by atoms with van der Waals surface area (Å²) in [5.74, 6) is -1.20. The predicted octanol–water partition coefficient (Wildman–Crippen LogP) is 4.63. The SMILES string of the molecule is O=C(N[C@@H](c1ccc(C(F)(F)F)cc1)c1ncccc1C(F)(F)F)c1ccno1. The van der Waals surface area contributed by atoms with Crippen LogP contribution >= 0.6 is 0 Å². The molecule has 0 saturated carbocycles. The zero-order valence-electron chi connectivity index (χ0n) is 14.3. The number of pyridine rings is 1. The van der Waals surface area contributed by atoms with E-state index in [9.17, 15) is 31.1 Å². The van der Waals surface area contributed by atoms with Gasteiger partial charge in [0, 0.05) is 12.3 Å². The molecule has 2 heterocycles. The summed E-state index contributed by atoms with van der Waals surface area (Å²) < 4.78 is 83.4. The fourth-order valence-electron chi connectivity index (χ4n) is 2.60. The lowest BCUT2D eigenvalue weighted by molar-refractivity contribution is -0.139. The van der Waals surface area contributed by atoms with Gasteiger partial charge < -0.3 is 9.84 Å². The topological polar surface area (TPSA) is 68.0 Å². The summed E-state index contributed by atoms with van der Waals surface area (Å²) in [6.45, 7) is 0. The van der Waals surface area contributed by atoms with Crippen LogP contribution in [0.4, 0.5) is 26.3 Å². The molecule has 0 unspecified atom stereocenters. The molecule has 1 amide bonds. The van der Waals surface area contributed by atoms with Crippen LogP contribution in [0.5, 0.6) is 0 Å². The molecule has 1 atom stereocenters. The highest BCUT2D eigenvalue weighted by Crippen LogP contribution is 2.36. The second-order valence-corrected chi connectivity index (χ2v) is 5.84. The van der Waals surface area contributed by atoms with Crippen LogP contribution in [0.15, 0.2) is 59.4 Å². The Morgan fingerprint density at radius 1 is 0.931 bits per heavy atom. The number of nitrogens with one attached hydrogen (secondary N) is 1. The molecule has 1 aromatic carbocycles. The van der Waals surface area contributed by atoms with Gasteiger partial charge in [-0.05, 0) is 29.8 Å². The fourth-order valence-corrected chi connectivity index (χ4v) is 2.60. The maximum Gasteiger partial charge on any atom is 0.418 e. The Kier molecular flexibility index (Phi) is 5.31. The minimum Gasteiger partial charge on any atom is -0.351 e. The molecule has 1 N–H and O–H groups in total. The van der Waals surface area contributed by atoms with Crippen molar-refractivity contribution in [3.05, 3.63) is 83.0 Å². The van der Waals surface area contributed by atoms with Gasteiger partial charge in [0.25, 0.3) is 5.91 Å². The highest BCUT2D eigenvalue weighted by atomic mass is 19.4. The monoisotopic (exact) mass is 415 g/mol. The maximum absolute atomic E-state index is 13.4. The number of halogens is 6. The average Bonchev–Trinajstić information content (AvgIpc) is 3.20. The molecule has 0 fully saturated rings. The summed E-state index contributed by atoms with van der Waals surface area (Å²) in [5.41, 5.74) is -2.73. The number of carbonyl (C=O) groups is 1. The molecular weight excluding hydrogens is 404 g/mol. The van der Waals surface area contributed by atoms with Gasteiger partial charge in [-0.1, -0.05) is 17.3 Å². The molecule has 11 heteroatoms. The van der Waals surface area contributed by atoms with Gasteiger partial charge in [0.1, 0.15) is 0 Å². The molecule has 2 aromatic heterocycles. The minimum absolute atomic E-state index is 0.0323. The van der Waals surface area contributed by atoms with Gasteiger partial charge in [-0.15, -0.1) is 0 Å². The molecule has 152 valence electrons. The molecule has 5 nitrogen and oxygen atoms in total. The number of nitrogens with zero attached hydrogens (tertiary/aromatic N) is 2. The lowest BCUT2D eigenvalue weighted by Crippen LogP contribution is -2.31. The molecule has 29 heavy (non-hydrogen) atoms. The van der Waals surface area contributed by atoms with Crippen molar-refractivity contribution in [2.45, 2.75) is 18.4 Å². The second-order valence-electron chi connectivity index (χ2n) is 5.84. The molecule has 0 aliphatic carbocycles. The Morgan fingerprint density at radius 2 is 1.62 bits per heavy atom. The Hall–Kier alpha value is -3.37. The molecule has 0 bridgehead atoms. The zero-order valence-corrected chi connectivity index (χ0v) is 14.3. The summed E-state index contributed by atoms with van der Waals surface area (Å²) in [7, 11) is 0. The molecule has 0 aliphatic rings. The molecule has 0 saturated heterocycles. The minimum atomic E-state index is -4.80. The number of rotatable bonds is 4. The Morgan fingerprint density at radius 3 is 2.17 bits per heavy atom. The van der Waals surface area contributed by atoms with E-state index in [2.05, 4.69) is 20.0 Å². The maximum atomic E-state index is 13.4. The number of alkyl halides is 6. The van der Waals surface area contributed by atoms with Gasteiger partial charge in [0.15, 0.2) is 0 Å². The third kappa shape index (κ3) is 4.55. The van der Waals surface area contributed by atoms with Crippen LogP contribution in [0.1, 0.15) is 39.0 Å². The lowest BCUT2D eigenvalue weighted by atomic mass is 9.97. The van der Waals surface area contributed by atoms with E-state index in [0.717, 1.165) is 36.7 Å². The van der Waals surface area contributed by atoms with Crippen molar-refractivity contribution in [2.24, 2.45) is 0 Å². The average molecular weight is 415 g/mol. The van der Waals surface area contributed by atoms with Gasteiger partial charge >= 0.3 is 12.4 Å². The summed E-state index contributed by atoms with van der Waals surface area (Å²) in [6.07, 6.45) is -7.18. The number of benzene rings is 1. The van der Waals surface area contributed by atoms with Crippen molar-refractivity contribution in [1.29, 1.82) is 0 Å². The molecular formula is C18H11F6N3O2. The highest BCUT2D eigenvalue weighted by molar-refractivity contribution is 5.91. The van der Waals surface area contributed by atoms with Crippen LogP contribution in [-0.4, -0.2) is 16.0 Å². The summed E-state index contributed by atoms with van der Waals surface area (Å²) in [5, 5.41) is 5.64. The first-order valence-corrected chi connectivity index (χ1v) is 7.98. The molecule has 3 rings (SSSR count). The van der Waals surface area contributed by atoms with Gasteiger partial charge in [0.05, 0.1) is 29.1 Å². The van der Waals surface area contributed by atoms with Gasteiger partial charge in [-0.25, -0.2) is 0 Å². The van der Waals surface area contributed by atoms with Crippen LogP contribution in [0.3, 0.4) is 0 Å². The standard InChI is InChI=1S/C18H11F6N3O2/c19-17(20,21)11-5-3-10(4-6-11)14(27-16(28)13-7-9-26-29-13)15-12(18(22,23)24)2-1-8-25-15/h1-9,14H,(H,27,28)/t14-/m0/s1. The van der Waals surface area contributed by atoms with Gasteiger partial charge in [-0.3, -0.25) is 9.78 Å². The summed E-state index contributed by atoms with van der Waals surface area (Å²) in [6, 6.07) is 4.88. The second kappa shape index (κ2) is 7.57. The molecule has 0 radical (unpaired) electrons. The normalized spacial score (nSPS) is 13.2. The Labute approximate surface area is 159 Å². The third-order valence-electron chi connectivity index (χ3n) is 3.93. The number of carbonyl (C=O) groups excluding carboxylic acids is 1. The Bertz CT molecular complexity index is 982. The number of hydrogen-bond donors (Lipinski definition) is 1. The van der Waals surface area contributed by atoms with E-state index in [1.165, 1.54) is 6.07 Å². The first-order chi connectivity index (χ1) is 13.6.